The van der Waals surface area contributed by atoms with E-state index in [9.17, 15) is 14.7 Å². The fraction of sp³-hybridized carbons (Fsp3) is 0.115. The van der Waals surface area contributed by atoms with E-state index in [1.54, 1.807) is 54.6 Å². The maximum atomic E-state index is 13.2. The molecule has 1 unspecified atom stereocenters. The summed E-state index contributed by atoms with van der Waals surface area (Å²) in [6.07, 6.45) is 8.01. The monoisotopic (exact) mass is 451 g/mol. The molecule has 34 heavy (non-hydrogen) atoms. The lowest BCUT2D eigenvalue weighted by molar-refractivity contribution is -0.140. The SMILES string of the molecule is Cc1c(/C(O)=C2\C(=O)C(=O)N(Cc3cccnc3)C2c2cccnc2)cnn1-c1ccccc1. The normalized spacial score (nSPS) is 17.3. The first-order valence-corrected chi connectivity index (χ1v) is 10.7. The van der Waals surface area contributed by atoms with Crippen molar-refractivity contribution in [3.05, 3.63) is 114 Å². The number of likely N-dealkylation sites (tertiary alicyclic amines) is 1. The van der Waals surface area contributed by atoms with Crippen LogP contribution in [0.15, 0.2) is 91.2 Å². The predicted octanol–water partition coefficient (Wildman–Crippen LogP) is 3.59. The van der Waals surface area contributed by atoms with Gasteiger partial charge in [0, 0.05) is 31.3 Å². The second-order valence-corrected chi connectivity index (χ2v) is 7.97. The number of hydrogen-bond donors (Lipinski definition) is 1. The van der Waals surface area contributed by atoms with Crippen molar-refractivity contribution >= 4 is 17.4 Å². The molecule has 0 aliphatic carbocycles. The molecule has 0 bridgehead atoms. The molecule has 8 heteroatoms. The smallest absolute Gasteiger partial charge is 0.295 e. The molecule has 1 aliphatic rings. The van der Waals surface area contributed by atoms with Gasteiger partial charge in [-0.2, -0.15) is 5.10 Å². The van der Waals surface area contributed by atoms with Crippen LogP contribution in [-0.2, 0) is 16.1 Å². The van der Waals surface area contributed by atoms with E-state index in [1.165, 1.54) is 11.1 Å². The number of hydrogen-bond acceptors (Lipinski definition) is 6. The fourth-order valence-electron chi connectivity index (χ4n) is 4.23. The summed E-state index contributed by atoms with van der Waals surface area (Å²) < 4.78 is 1.68. The van der Waals surface area contributed by atoms with Crippen molar-refractivity contribution in [2.45, 2.75) is 19.5 Å². The highest BCUT2D eigenvalue weighted by molar-refractivity contribution is 6.46. The number of pyridine rings is 2. The fourth-order valence-corrected chi connectivity index (χ4v) is 4.23. The quantitative estimate of drug-likeness (QED) is 0.283. The highest BCUT2D eigenvalue weighted by Crippen LogP contribution is 2.40. The number of amides is 1. The molecule has 4 aromatic rings. The first-order valence-electron chi connectivity index (χ1n) is 10.7. The minimum Gasteiger partial charge on any atom is -0.507 e. The van der Waals surface area contributed by atoms with E-state index in [4.69, 9.17) is 0 Å². The Morgan fingerprint density at radius 2 is 1.68 bits per heavy atom. The summed E-state index contributed by atoms with van der Waals surface area (Å²) >= 11 is 0. The molecular formula is C26H21N5O3. The van der Waals surface area contributed by atoms with E-state index in [1.807, 2.05) is 36.4 Å². The largest absolute Gasteiger partial charge is 0.507 e. The Balaban J connectivity index is 1.64. The molecule has 4 heterocycles. The Labute approximate surface area is 195 Å². The molecule has 1 amide bonds. The highest BCUT2D eigenvalue weighted by Gasteiger charge is 2.46. The van der Waals surface area contributed by atoms with Gasteiger partial charge in [-0.1, -0.05) is 30.3 Å². The van der Waals surface area contributed by atoms with Crippen LogP contribution in [0.25, 0.3) is 11.4 Å². The molecule has 0 spiro atoms. The van der Waals surface area contributed by atoms with Gasteiger partial charge < -0.3 is 10.0 Å². The summed E-state index contributed by atoms with van der Waals surface area (Å²) in [7, 11) is 0. The summed E-state index contributed by atoms with van der Waals surface area (Å²) in [6.45, 7) is 1.97. The second kappa shape index (κ2) is 8.74. The zero-order valence-corrected chi connectivity index (χ0v) is 18.4. The maximum absolute atomic E-state index is 13.2. The van der Waals surface area contributed by atoms with Gasteiger partial charge in [0.25, 0.3) is 11.7 Å². The van der Waals surface area contributed by atoms with Crippen molar-refractivity contribution in [3.8, 4) is 5.69 Å². The van der Waals surface area contributed by atoms with Gasteiger partial charge in [-0.05, 0) is 42.3 Å². The van der Waals surface area contributed by atoms with Crippen LogP contribution in [0.4, 0.5) is 0 Å². The Morgan fingerprint density at radius 3 is 2.35 bits per heavy atom. The summed E-state index contributed by atoms with van der Waals surface area (Å²) in [5.41, 5.74) is 3.26. The molecule has 3 aromatic heterocycles. The molecule has 1 atom stereocenters. The average Bonchev–Trinajstić information content (AvgIpc) is 3.38. The molecule has 8 nitrogen and oxygen atoms in total. The van der Waals surface area contributed by atoms with Crippen molar-refractivity contribution in [1.29, 1.82) is 0 Å². The summed E-state index contributed by atoms with van der Waals surface area (Å²) in [5, 5.41) is 15.8. The zero-order chi connectivity index (χ0) is 23.7. The number of nitrogens with zero attached hydrogens (tertiary/aromatic N) is 5. The molecule has 0 radical (unpaired) electrons. The van der Waals surface area contributed by atoms with Gasteiger partial charge in [-0.3, -0.25) is 19.6 Å². The van der Waals surface area contributed by atoms with Crippen LogP contribution in [0, 0.1) is 6.92 Å². The van der Waals surface area contributed by atoms with Crippen molar-refractivity contribution in [2.75, 3.05) is 0 Å². The van der Waals surface area contributed by atoms with Gasteiger partial charge in [-0.15, -0.1) is 0 Å². The number of aliphatic hydroxyl groups excluding tert-OH is 1. The lowest BCUT2D eigenvalue weighted by Gasteiger charge is -2.25. The van der Waals surface area contributed by atoms with Crippen LogP contribution in [0.5, 0.6) is 0 Å². The number of benzene rings is 1. The Hall–Kier alpha value is -4.59. The van der Waals surface area contributed by atoms with E-state index < -0.39 is 17.7 Å². The molecule has 168 valence electrons. The first kappa shape index (κ1) is 21.3. The van der Waals surface area contributed by atoms with Gasteiger partial charge >= 0.3 is 0 Å². The summed E-state index contributed by atoms with van der Waals surface area (Å²) in [6, 6.07) is 15.8. The topological polar surface area (TPSA) is 101 Å². The van der Waals surface area contributed by atoms with Crippen molar-refractivity contribution in [3.63, 3.8) is 0 Å². The lowest BCUT2D eigenvalue weighted by Crippen LogP contribution is -2.29. The number of carbonyl (C=O) groups excluding carboxylic acids is 2. The number of aliphatic hydroxyl groups is 1. The molecule has 1 saturated heterocycles. The molecule has 5 rings (SSSR count). The Kier molecular flexibility index (Phi) is 5.47. The molecule has 1 N–H and O–H groups in total. The lowest BCUT2D eigenvalue weighted by atomic mass is 9.96. The van der Waals surface area contributed by atoms with Gasteiger partial charge in [0.05, 0.1) is 34.8 Å². The molecule has 1 aromatic carbocycles. The van der Waals surface area contributed by atoms with E-state index >= 15 is 0 Å². The van der Waals surface area contributed by atoms with Crippen LogP contribution in [0.3, 0.4) is 0 Å². The first-order chi connectivity index (χ1) is 16.6. The third-order valence-electron chi connectivity index (χ3n) is 5.88. The minimum absolute atomic E-state index is 0.0117. The van der Waals surface area contributed by atoms with Gasteiger partial charge in [0.2, 0.25) is 0 Å². The number of rotatable bonds is 5. The van der Waals surface area contributed by atoms with E-state index in [0.29, 0.717) is 16.8 Å². The number of para-hydroxylation sites is 1. The Bertz CT molecular complexity index is 1380. The minimum atomic E-state index is -0.798. The van der Waals surface area contributed by atoms with E-state index in [-0.39, 0.29) is 17.9 Å². The molecule has 0 saturated carbocycles. The third-order valence-corrected chi connectivity index (χ3v) is 5.88. The molecule has 1 aliphatic heterocycles. The van der Waals surface area contributed by atoms with E-state index in [2.05, 4.69) is 15.1 Å². The third kappa shape index (κ3) is 3.65. The average molecular weight is 451 g/mol. The standard InChI is InChI=1S/C26H21N5O3/c1-17-21(15-29-31(17)20-9-3-2-4-10-20)24(32)22-23(19-8-6-12-28-14-19)30(26(34)25(22)33)16-18-7-5-11-27-13-18/h2-15,23,32H,16H2,1H3/b24-22+. The van der Waals surface area contributed by atoms with Gasteiger partial charge in [0.1, 0.15) is 5.76 Å². The maximum Gasteiger partial charge on any atom is 0.295 e. The van der Waals surface area contributed by atoms with Crippen LogP contribution < -0.4 is 0 Å². The van der Waals surface area contributed by atoms with Gasteiger partial charge in [0.15, 0.2) is 0 Å². The predicted molar refractivity (Wildman–Crippen MR) is 125 cm³/mol. The highest BCUT2D eigenvalue weighted by atomic mass is 16.3. The van der Waals surface area contributed by atoms with Crippen LogP contribution in [0.1, 0.15) is 28.4 Å². The molecule has 1 fully saturated rings. The second-order valence-electron chi connectivity index (χ2n) is 7.97. The number of aromatic nitrogens is 4. The number of Topliss-reactive ketones (excluding diaryl/α,β-unsaturated/α-hetero) is 1. The number of carbonyl (C=O) groups is 2. The Morgan fingerprint density at radius 1 is 0.941 bits per heavy atom. The molecular weight excluding hydrogens is 430 g/mol. The van der Waals surface area contributed by atoms with E-state index in [0.717, 1.165) is 11.3 Å². The summed E-state index contributed by atoms with van der Waals surface area (Å²) in [4.78, 5) is 36.1. The van der Waals surface area contributed by atoms with Gasteiger partial charge in [-0.25, -0.2) is 4.68 Å². The zero-order valence-electron chi connectivity index (χ0n) is 18.4. The van der Waals surface area contributed by atoms with Crippen LogP contribution >= 0.6 is 0 Å². The van der Waals surface area contributed by atoms with Crippen molar-refractivity contribution in [1.82, 2.24) is 24.6 Å². The summed E-state index contributed by atoms with van der Waals surface area (Å²) in [5.74, 6) is -1.70. The number of ketones is 1. The van der Waals surface area contributed by atoms with Crippen LogP contribution in [0.2, 0.25) is 0 Å². The van der Waals surface area contributed by atoms with Crippen molar-refractivity contribution < 1.29 is 14.7 Å². The van der Waals surface area contributed by atoms with Crippen molar-refractivity contribution in [2.24, 2.45) is 0 Å². The van der Waals surface area contributed by atoms with Crippen LogP contribution in [-0.4, -0.2) is 41.4 Å².